The predicted molar refractivity (Wildman–Crippen MR) is 81.6 cm³/mol. The van der Waals surface area contributed by atoms with Gasteiger partial charge in [-0.15, -0.1) is 0 Å². The molecule has 0 aliphatic heterocycles. The van der Waals surface area contributed by atoms with Crippen molar-refractivity contribution in [3.63, 3.8) is 0 Å². The van der Waals surface area contributed by atoms with Crippen molar-refractivity contribution in [3.8, 4) is 0 Å². The molecule has 1 fully saturated rings. The van der Waals surface area contributed by atoms with Gasteiger partial charge in [0.05, 0.1) is 12.6 Å². The van der Waals surface area contributed by atoms with Crippen molar-refractivity contribution in [2.75, 3.05) is 6.61 Å². The van der Waals surface area contributed by atoms with E-state index in [0.717, 1.165) is 24.0 Å². The highest BCUT2D eigenvalue weighted by molar-refractivity contribution is 5.25. The molecule has 2 aromatic carbocycles. The molecule has 0 bridgehead atoms. The third-order valence-corrected chi connectivity index (χ3v) is 4.30. The van der Waals surface area contributed by atoms with Crippen molar-refractivity contribution in [3.05, 3.63) is 71.5 Å². The average molecular weight is 285 g/mol. The second kappa shape index (κ2) is 6.37. The van der Waals surface area contributed by atoms with Crippen LogP contribution in [0.4, 0.5) is 4.39 Å². The van der Waals surface area contributed by atoms with Gasteiger partial charge in [-0.1, -0.05) is 48.5 Å². The number of aliphatic hydroxyl groups excluding tert-OH is 1. The Hall–Kier alpha value is -1.71. The molecule has 0 aromatic heterocycles. The monoisotopic (exact) mass is 285 g/mol. The number of hydrogen-bond donors (Lipinski definition) is 2. The summed E-state index contributed by atoms with van der Waals surface area (Å²) in [4.78, 5) is 0. The zero-order chi connectivity index (χ0) is 14.7. The fraction of sp³-hybridized carbons (Fsp3) is 0.333. The van der Waals surface area contributed by atoms with E-state index in [-0.39, 0.29) is 18.5 Å². The van der Waals surface area contributed by atoms with Gasteiger partial charge >= 0.3 is 0 Å². The van der Waals surface area contributed by atoms with Crippen molar-refractivity contribution in [1.29, 1.82) is 0 Å². The molecule has 110 valence electrons. The highest BCUT2D eigenvalue weighted by Crippen LogP contribution is 2.38. The Morgan fingerprint density at radius 1 is 1.05 bits per heavy atom. The van der Waals surface area contributed by atoms with E-state index in [1.807, 2.05) is 42.5 Å². The number of halogens is 1. The van der Waals surface area contributed by atoms with Crippen LogP contribution in [-0.2, 0) is 0 Å². The standard InChI is InChI=1S/C18H20FNO/c19-17-9-5-4-8-16(17)14-10-15(11-14)20-18(12-21)13-6-2-1-3-7-13/h1-9,14-15,18,20-21H,10-12H2. The molecule has 2 nitrogen and oxygen atoms in total. The maximum Gasteiger partial charge on any atom is 0.126 e. The summed E-state index contributed by atoms with van der Waals surface area (Å²) in [5.74, 6) is 0.182. The Labute approximate surface area is 124 Å². The molecule has 1 aliphatic rings. The van der Waals surface area contributed by atoms with Crippen LogP contribution in [0.5, 0.6) is 0 Å². The number of benzene rings is 2. The molecule has 21 heavy (non-hydrogen) atoms. The Kier molecular flexibility index (Phi) is 4.32. The summed E-state index contributed by atoms with van der Waals surface area (Å²) in [7, 11) is 0. The van der Waals surface area contributed by atoms with Gasteiger partial charge in [0, 0.05) is 6.04 Å². The molecular weight excluding hydrogens is 265 g/mol. The fourth-order valence-electron chi connectivity index (χ4n) is 3.04. The second-order valence-corrected chi connectivity index (χ2v) is 5.70. The van der Waals surface area contributed by atoms with Crippen LogP contribution in [0.3, 0.4) is 0 Å². The Morgan fingerprint density at radius 2 is 1.71 bits per heavy atom. The van der Waals surface area contributed by atoms with Crippen LogP contribution < -0.4 is 5.32 Å². The molecule has 1 aliphatic carbocycles. The van der Waals surface area contributed by atoms with Gasteiger partial charge in [-0.05, 0) is 36.0 Å². The topological polar surface area (TPSA) is 32.3 Å². The quantitative estimate of drug-likeness (QED) is 0.882. The summed E-state index contributed by atoms with van der Waals surface area (Å²) in [6.07, 6.45) is 1.84. The smallest absolute Gasteiger partial charge is 0.126 e. The van der Waals surface area contributed by atoms with E-state index in [9.17, 15) is 9.50 Å². The Morgan fingerprint density at radius 3 is 2.38 bits per heavy atom. The van der Waals surface area contributed by atoms with Crippen LogP contribution in [0, 0.1) is 5.82 Å². The van der Waals surface area contributed by atoms with Gasteiger partial charge < -0.3 is 10.4 Å². The Balaban J connectivity index is 1.58. The first-order valence-electron chi connectivity index (χ1n) is 7.44. The molecule has 1 saturated carbocycles. The highest BCUT2D eigenvalue weighted by Gasteiger charge is 2.33. The lowest BCUT2D eigenvalue weighted by Crippen LogP contribution is -2.43. The van der Waals surface area contributed by atoms with E-state index in [0.29, 0.717) is 12.0 Å². The molecule has 0 spiro atoms. The zero-order valence-electron chi connectivity index (χ0n) is 11.9. The lowest BCUT2D eigenvalue weighted by atomic mass is 9.75. The number of hydrogen-bond acceptors (Lipinski definition) is 2. The van der Waals surface area contributed by atoms with Crippen molar-refractivity contribution < 1.29 is 9.50 Å². The minimum Gasteiger partial charge on any atom is -0.394 e. The summed E-state index contributed by atoms with van der Waals surface area (Å²) in [5.41, 5.74) is 1.91. The third kappa shape index (κ3) is 3.14. The largest absolute Gasteiger partial charge is 0.394 e. The average Bonchev–Trinajstić information content (AvgIpc) is 2.48. The summed E-state index contributed by atoms with van der Waals surface area (Å²) >= 11 is 0. The minimum atomic E-state index is -0.109. The number of aliphatic hydroxyl groups is 1. The van der Waals surface area contributed by atoms with Gasteiger partial charge in [0.1, 0.15) is 5.82 Å². The molecule has 0 saturated heterocycles. The minimum absolute atomic E-state index is 0.0437. The van der Waals surface area contributed by atoms with Gasteiger partial charge in [0.25, 0.3) is 0 Å². The van der Waals surface area contributed by atoms with Gasteiger partial charge in [-0.3, -0.25) is 0 Å². The molecule has 0 amide bonds. The first-order valence-corrected chi connectivity index (χ1v) is 7.44. The molecule has 0 heterocycles. The lowest BCUT2D eigenvalue weighted by molar-refractivity contribution is 0.196. The SMILES string of the molecule is OCC(NC1CC(c2ccccc2F)C1)c1ccccc1. The van der Waals surface area contributed by atoms with Gasteiger partial charge in [0.2, 0.25) is 0 Å². The molecular formula is C18H20FNO. The summed E-state index contributed by atoms with van der Waals surface area (Å²) in [6, 6.07) is 17.3. The first-order chi connectivity index (χ1) is 10.3. The van der Waals surface area contributed by atoms with E-state index in [4.69, 9.17) is 0 Å². The molecule has 3 rings (SSSR count). The summed E-state index contributed by atoms with van der Waals surface area (Å²) < 4.78 is 13.7. The van der Waals surface area contributed by atoms with Crippen LogP contribution >= 0.6 is 0 Å². The molecule has 1 unspecified atom stereocenters. The van der Waals surface area contributed by atoms with E-state index < -0.39 is 0 Å². The molecule has 3 heteroatoms. The zero-order valence-corrected chi connectivity index (χ0v) is 11.9. The van der Waals surface area contributed by atoms with Crippen molar-refractivity contribution in [2.45, 2.75) is 30.8 Å². The van der Waals surface area contributed by atoms with Crippen LogP contribution in [0.1, 0.15) is 35.9 Å². The van der Waals surface area contributed by atoms with Gasteiger partial charge in [-0.25, -0.2) is 4.39 Å². The molecule has 2 N–H and O–H groups in total. The van der Waals surface area contributed by atoms with Gasteiger partial charge in [-0.2, -0.15) is 0 Å². The van der Waals surface area contributed by atoms with E-state index >= 15 is 0 Å². The molecule has 0 radical (unpaired) electrons. The van der Waals surface area contributed by atoms with E-state index in [1.54, 1.807) is 6.07 Å². The number of rotatable bonds is 5. The van der Waals surface area contributed by atoms with Crippen LogP contribution in [0.15, 0.2) is 54.6 Å². The first kappa shape index (κ1) is 14.2. The Bertz CT molecular complexity index is 581. The third-order valence-electron chi connectivity index (χ3n) is 4.30. The highest BCUT2D eigenvalue weighted by atomic mass is 19.1. The summed E-state index contributed by atoms with van der Waals surface area (Å²) in [5, 5.41) is 13.0. The maximum atomic E-state index is 13.7. The predicted octanol–water partition coefficient (Wildman–Crippen LogP) is 3.39. The van der Waals surface area contributed by atoms with E-state index in [2.05, 4.69) is 5.32 Å². The maximum absolute atomic E-state index is 13.7. The second-order valence-electron chi connectivity index (χ2n) is 5.70. The fourth-order valence-corrected chi connectivity index (χ4v) is 3.04. The van der Waals surface area contributed by atoms with E-state index in [1.165, 1.54) is 6.07 Å². The van der Waals surface area contributed by atoms with Crippen LogP contribution in [0.25, 0.3) is 0 Å². The lowest BCUT2D eigenvalue weighted by Gasteiger charge is -2.38. The number of nitrogens with one attached hydrogen (secondary N) is 1. The van der Waals surface area contributed by atoms with Crippen LogP contribution in [-0.4, -0.2) is 17.8 Å². The van der Waals surface area contributed by atoms with Crippen molar-refractivity contribution in [1.82, 2.24) is 5.32 Å². The molecule has 1 atom stereocenters. The van der Waals surface area contributed by atoms with Gasteiger partial charge in [0.15, 0.2) is 0 Å². The van der Waals surface area contributed by atoms with Crippen molar-refractivity contribution >= 4 is 0 Å². The van der Waals surface area contributed by atoms with Crippen LogP contribution in [0.2, 0.25) is 0 Å². The molecule has 2 aromatic rings. The normalized spacial score (nSPS) is 22.6. The van der Waals surface area contributed by atoms with Crippen molar-refractivity contribution in [2.24, 2.45) is 0 Å². The summed E-state index contributed by atoms with van der Waals surface area (Å²) in [6.45, 7) is 0.0743.